The molecule has 2 aromatic rings. The van der Waals surface area contributed by atoms with Crippen LogP contribution in [0.1, 0.15) is 5.56 Å². The summed E-state index contributed by atoms with van der Waals surface area (Å²) in [6.45, 7) is 1.27. The Kier molecular flexibility index (Phi) is 5.88. The van der Waals surface area contributed by atoms with Gasteiger partial charge in [0.1, 0.15) is 5.75 Å². The summed E-state index contributed by atoms with van der Waals surface area (Å²) in [7, 11) is 0. The third-order valence-electron chi connectivity index (χ3n) is 3.01. The molecule has 0 heterocycles. The summed E-state index contributed by atoms with van der Waals surface area (Å²) in [5, 5.41) is 14.0. The van der Waals surface area contributed by atoms with E-state index in [1.54, 1.807) is 6.92 Å². The van der Waals surface area contributed by atoms with Crippen LogP contribution in [0, 0.1) is 17.0 Å². The van der Waals surface area contributed by atoms with Gasteiger partial charge in [-0.05, 0) is 31.2 Å². The van der Waals surface area contributed by atoms with Crippen LogP contribution in [-0.4, -0.2) is 17.4 Å². The fourth-order valence-electron chi connectivity index (χ4n) is 1.91. The summed E-state index contributed by atoms with van der Waals surface area (Å²) >= 11 is 17.7. The predicted molar refractivity (Wildman–Crippen MR) is 93.4 cm³/mol. The van der Waals surface area contributed by atoms with Crippen LogP contribution in [0.5, 0.6) is 5.75 Å². The maximum atomic E-state index is 11.9. The molecule has 0 atom stereocenters. The summed E-state index contributed by atoms with van der Waals surface area (Å²) in [6.07, 6.45) is 0. The Hall–Kier alpha value is -2.02. The molecular weight excluding hydrogens is 379 g/mol. The number of aryl methyl sites for hydroxylation is 1. The number of carbonyl (C=O) groups excluding carboxylic acids is 1. The van der Waals surface area contributed by atoms with E-state index in [4.69, 9.17) is 39.5 Å². The van der Waals surface area contributed by atoms with Crippen LogP contribution in [0.3, 0.4) is 0 Å². The quantitative estimate of drug-likeness (QED) is 0.583. The van der Waals surface area contributed by atoms with Gasteiger partial charge in [-0.25, -0.2) is 0 Å². The number of halogens is 3. The lowest BCUT2D eigenvalue weighted by Gasteiger charge is -2.11. The average molecular weight is 390 g/mol. The minimum absolute atomic E-state index is 0.0217. The first-order valence-corrected chi connectivity index (χ1v) is 7.73. The summed E-state index contributed by atoms with van der Waals surface area (Å²) in [4.78, 5) is 22.2. The van der Waals surface area contributed by atoms with E-state index in [1.807, 2.05) is 0 Å². The normalized spacial score (nSPS) is 10.3. The topological polar surface area (TPSA) is 81.5 Å². The summed E-state index contributed by atoms with van der Waals surface area (Å²) in [5.41, 5.74) is 0.643. The second kappa shape index (κ2) is 7.70. The molecule has 9 heteroatoms. The van der Waals surface area contributed by atoms with Crippen molar-refractivity contribution in [3.8, 4) is 5.75 Å². The molecule has 24 heavy (non-hydrogen) atoms. The maximum absolute atomic E-state index is 11.9. The second-order valence-electron chi connectivity index (χ2n) is 4.79. The molecule has 0 unspecified atom stereocenters. The standard InChI is InChI=1S/C15H11Cl3N2O4/c1-8-4-10(2-3-13(8)20(22)23)24-7-14(21)19-15-11(17)5-9(16)6-12(15)18/h2-6H,7H2,1H3,(H,19,21). The molecule has 6 nitrogen and oxygen atoms in total. The average Bonchev–Trinajstić information content (AvgIpc) is 2.48. The lowest BCUT2D eigenvalue weighted by molar-refractivity contribution is -0.385. The number of amides is 1. The molecule has 0 aliphatic rings. The van der Waals surface area contributed by atoms with Crippen molar-refractivity contribution >= 4 is 52.1 Å². The summed E-state index contributed by atoms with van der Waals surface area (Å²) in [6, 6.07) is 7.11. The van der Waals surface area contributed by atoms with E-state index in [0.29, 0.717) is 16.3 Å². The highest BCUT2D eigenvalue weighted by molar-refractivity contribution is 6.42. The van der Waals surface area contributed by atoms with Crippen molar-refractivity contribution in [1.82, 2.24) is 0 Å². The largest absolute Gasteiger partial charge is 0.484 e. The molecule has 1 N–H and O–H groups in total. The number of rotatable bonds is 5. The molecule has 0 fully saturated rings. The number of carbonyl (C=O) groups is 1. The van der Waals surface area contributed by atoms with Gasteiger partial charge in [-0.1, -0.05) is 34.8 Å². The van der Waals surface area contributed by atoms with Gasteiger partial charge < -0.3 is 10.1 Å². The van der Waals surface area contributed by atoms with Gasteiger partial charge in [0.25, 0.3) is 11.6 Å². The van der Waals surface area contributed by atoms with E-state index in [1.165, 1.54) is 30.3 Å². The summed E-state index contributed by atoms with van der Waals surface area (Å²) < 4.78 is 5.31. The van der Waals surface area contributed by atoms with Crippen LogP contribution in [0.4, 0.5) is 11.4 Å². The van der Waals surface area contributed by atoms with Crippen molar-refractivity contribution in [2.24, 2.45) is 0 Å². The Morgan fingerprint density at radius 1 is 1.21 bits per heavy atom. The van der Waals surface area contributed by atoms with Gasteiger partial charge in [0.15, 0.2) is 6.61 Å². The second-order valence-corrected chi connectivity index (χ2v) is 6.04. The van der Waals surface area contributed by atoms with E-state index >= 15 is 0 Å². The molecule has 2 rings (SSSR count). The van der Waals surface area contributed by atoms with E-state index in [-0.39, 0.29) is 28.0 Å². The zero-order chi connectivity index (χ0) is 17.9. The zero-order valence-corrected chi connectivity index (χ0v) is 14.6. The van der Waals surface area contributed by atoms with Gasteiger partial charge in [-0.3, -0.25) is 14.9 Å². The minimum Gasteiger partial charge on any atom is -0.484 e. The van der Waals surface area contributed by atoms with Crippen LogP contribution in [0.25, 0.3) is 0 Å². The Bertz CT molecular complexity index is 788. The number of nitrogens with zero attached hydrogens (tertiary/aromatic N) is 1. The van der Waals surface area contributed by atoms with Crippen molar-refractivity contribution < 1.29 is 14.5 Å². The van der Waals surface area contributed by atoms with Crippen LogP contribution in [0.2, 0.25) is 15.1 Å². The van der Waals surface area contributed by atoms with Crippen LogP contribution >= 0.6 is 34.8 Å². The van der Waals surface area contributed by atoms with Crippen molar-refractivity contribution in [3.05, 3.63) is 61.1 Å². The molecular formula is C15H11Cl3N2O4. The molecule has 0 aromatic heterocycles. The number of nitro groups is 1. The number of hydrogen-bond acceptors (Lipinski definition) is 4. The van der Waals surface area contributed by atoms with Crippen molar-refractivity contribution in [2.45, 2.75) is 6.92 Å². The zero-order valence-electron chi connectivity index (χ0n) is 12.3. The van der Waals surface area contributed by atoms with Gasteiger partial charge in [-0.2, -0.15) is 0 Å². The van der Waals surface area contributed by atoms with E-state index in [0.717, 1.165) is 0 Å². The SMILES string of the molecule is Cc1cc(OCC(=O)Nc2c(Cl)cc(Cl)cc2Cl)ccc1[N+](=O)[O-]. The van der Waals surface area contributed by atoms with Gasteiger partial charge in [0.05, 0.1) is 20.7 Å². The first-order valence-electron chi connectivity index (χ1n) is 6.60. The van der Waals surface area contributed by atoms with Crippen molar-refractivity contribution in [1.29, 1.82) is 0 Å². The minimum atomic E-state index is -0.490. The first-order chi connectivity index (χ1) is 11.3. The van der Waals surface area contributed by atoms with Crippen molar-refractivity contribution in [3.63, 3.8) is 0 Å². The molecule has 0 spiro atoms. The Labute approximate surface area is 152 Å². The van der Waals surface area contributed by atoms with E-state index < -0.39 is 10.8 Å². The third-order valence-corrected chi connectivity index (χ3v) is 3.82. The Morgan fingerprint density at radius 2 is 1.83 bits per heavy atom. The number of nitrogens with one attached hydrogen (secondary N) is 1. The third kappa shape index (κ3) is 4.50. The van der Waals surface area contributed by atoms with Gasteiger partial charge in [-0.15, -0.1) is 0 Å². The molecule has 0 bridgehead atoms. The number of anilines is 1. The number of ether oxygens (including phenoxy) is 1. The molecule has 0 saturated carbocycles. The van der Waals surface area contributed by atoms with Gasteiger partial charge in [0.2, 0.25) is 0 Å². The molecule has 0 aliphatic heterocycles. The number of benzene rings is 2. The highest BCUT2D eigenvalue weighted by Gasteiger charge is 2.14. The number of nitro benzene ring substituents is 1. The van der Waals surface area contributed by atoms with Gasteiger partial charge in [0, 0.05) is 16.7 Å². The molecule has 0 aliphatic carbocycles. The van der Waals surface area contributed by atoms with E-state index in [2.05, 4.69) is 5.32 Å². The van der Waals surface area contributed by atoms with E-state index in [9.17, 15) is 14.9 Å². The Balaban J connectivity index is 2.02. The molecule has 126 valence electrons. The van der Waals surface area contributed by atoms with Crippen LogP contribution < -0.4 is 10.1 Å². The predicted octanol–water partition coefficient (Wildman–Crippen LogP) is 4.88. The first kappa shape index (κ1) is 18.3. The molecule has 0 radical (unpaired) electrons. The molecule has 2 aromatic carbocycles. The fraction of sp³-hybridized carbons (Fsp3) is 0.133. The highest BCUT2D eigenvalue weighted by atomic mass is 35.5. The fourth-order valence-corrected chi connectivity index (χ4v) is 2.82. The monoisotopic (exact) mass is 388 g/mol. The lowest BCUT2D eigenvalue weighted by atomic mass is 10.2. The molecule has 1 amide bonds. The number of hydrogen-bond donors (Lipinski definition) is 1. The van der Waals surface area contributed by atoms with Gasteiger partial charge >= 0.3 is 0 Å². The maximum Gasteiger partial charge on any atom is 0.272 e. The van der Waals surface area contributed by atoms with Crippen LogP contribution in [0.15, 0.2) is 30.3 Å². The highest BCUT2D eigenvalue weighted by Crippen LogP contribution is 2.33. The summed E-state index contributed by atoms with van der Waals surface area (Å²) in [5.74, 6) is -0.154. The Morgan fingerprint density at radius 3 is 2.38 bits per heavy atom. The van der Waals surface area contributed by atoms with Crippen LogP contribution in [-0.2, 0) is 4.79 Å². The molecule has 0 saturated heterocycles. The lowest BCUT2D eigenvalue weighted by Crippen LogP contribution is -2.20. The smallest absolute Gasteiger partial charge is 0.272 e. The van der Waals surface area contributed by atoms with Crippen molar-refractivity contribution in [2.75, 3.05) is 11.9 Å².